The zero-order valence-electron chi connectivity index (χ0n) is 18.6. The van der Waals surface area contributed by atoms with Crippen molar-refractivity contribution in [1.29, 1.82) is 0 Å². The normalized spacial score (nSPS) is 21.7. The molecule has 7 nitrogen and oxygen atoms in total. The van der Waals surface area contributed by atoms with Crippen molar-refractivity contribution in [1.82, 2.24) is 10.2 Å². The number of rotatable bonds is 8. The van der Waals surface area contributed by atoms with Crippen molar-refractivity contribution >= 4 is 23.7 Å². The Morgan fingerprint density at radius 3 is 2.16 bits per heavy atom. The first-order valence-corrected chi connectivity index (χ1v) is 11.2. The summed E-state index contributed by atoms with van der Waals surface area (Å²) in [6.45, 7) is 5.76. The molecule has 1 N–H and O–H groups in total. The quantitative estimate of drug-likeness (QED) is 0.507. The van der Waals surface area contributed by atoms with E-state index in [1.807, 2.05) is 12.1 Å². The number of hydrogen-bond acceptors (Lipinski definition) is 5. The van der Waals surface area contributed by atoms with Crippen LogP contribution in [0.5, 0.6) is 0 Å². The summed E-state index contributed by atoms with van der Waals surface area (Å²) in [5.41, 5.74) is 2.38. The van der Waals surface area contributed by atoms with Crippen LogP contribution in [0.25, 0.3) is 0 Å². The fourth-order valence-corrected chi connectivity index (χ4v) is 4.40. The third kappa shape index (κ3) is 5.32. The first kappa shape index (κ1) is 23.0. The number of carbonyl (C=O) groups excluding carboxylic acids is 4. The number of benzene rings is 1. The maximum Gasteiger partial charge on any atom is 0.329 e. The number of nitrogens with one attached hydrogen (secondary N) is 1. The zero-order valence-corrected chi connectivity index (χ0v) is 18.6. The summed E-state index contributed by atoms with van der Waals surface area (Å²) < 4.78 is 5.08. The number of imide groups is 1. The fourth-order valence-electron chi connectivity index (χ4n) is 4.40. The molecule has 1 saturated carbocycles. The first-order valence-electron chi connectivity index (χ1n) is 11.2. The van der Waals surface area contributed by atoms with Gasteiger partial charge >= 0.3 is 5.97 Å². The average molecular weight is 429 g/mol. The van der Waals surface area contributed by atoms with Crippen molar-refractivity contribution in [2.45, 2.75) is 64.8 Å². The van der Waals surface area contributed by atoms with E-state index in [-0.39, 0.29) is 23.7 Å². The Balaban J connectivity index is 1.42. The molecule has 1 aromatic carbocycles. The molecule has 0 unspecified atom stereocenters. The molecule has 1 aliphatic carbocycles. The number of likely N-dealkylation sites (tertiary alicyclic amines) is 1. The van der Waals surface area contributed by atoms with Gasteiger partial charge in [0.05, 0.1) is 11.8 Å². The molecule has 0 bridgehead atoms. The average Bonchev–Trinajstić information content (AvgIpc) is 3.02. The summed E-state index contributed by atoms with van der Waals surface area (Å²) in [6, 6.07) is 7.25. The molecule has 1 heterocycles. The third-order valence-electron chi connectivity index (χ3n) is 6.33. The Morgan fingerprint density at radius 2 is 1.61 bits per heavy atom. The molecule has 3 atom stereocenters. The lowest BCUT2D eigenvalue weighted by Gasteiger charge is -2.21. The Morgan fingerprint density at radius 1 is 1.03 bits per heavy atom. The van der Waals surface area contributed by atoms with Gasteiger partial charge in [-0.1, -0.05) is 51.0 Å². The number of hydrogen-bond donors (Lipinski definition) is 1. The molecule has 3 rings (SSSR count). The first-order chi connectivity index (χ1) is 14.8. The monoisotopic (exact) mass is 428 g/mol. The number of fused-ring (bicyclic) bond motifs is 1. The highest BCUT2D eigenvalue weighted by atomic mass is 16.5. The van der Waals surface area contributed by atoms with E-state index in [0.717, 1.165) is 23.3 Å². The molecule has 31 heavy (non-hydrogen) atoms. The zero-order chi connectivity index (χ0) is 22.5. The van der Waals surface area contributed by atoms with Crippen LogP contribution in [-0.4, -0.2) is 47.8 Å². The Hall–Kier alpha value is -2.70. The summed E-state index contributed by atoms with van der Waals surface area (Å²) in [5.74, 6) is -1.86. The van der Waals surface area contributed by atoms with Crippen molar-refractivity contribution in [2.24, 2.45) is 11.8 Å². The van der Waals surface area contributed by atoms with Gasteiger partial charge in [-0.3, -0.25) is 19.3 Å². The molecule has 2 aliphatic rings. The lowest BCUT2D eigenvalue weighted by Crippen LogP contribution is -2.45. The molecule has 2 fully saturated rings. The molecule has 1 aliphatic heterocycles. The van der Waals surface area contributed by atoms with Crippen LogP contribution >= 0.6 is 0 Å². The predicted octanol–water partition coefficient (Wildman–Crippen LogP) is 2.58. The molecular formula is C24H32N2O5. The lowest BCUT2D eigenvalue weighted by molar-refractivity contribution is -0.159. The molecule has 168 valence electrons. The van der Waals surface area contributed by atoms with E-state index < -0.39 is 24.5 Å². The fraction of sp³-hybridized carbons (Fsp3) is 0.583. The molecule has 0 radical (unpaired) electrons. The number of amides is 3. The molecule has 1 aromatic rings. The van der Waals surface area contributed by atoms with Crippen molar-refractivity contribution in [2.75, 3.05) is 13.2 Å². The summed E-state index contributed by atoms with van der Waals surface area (Å²) in [7, 11) is 0. The highest BCUT2D eigenvalue weighted by Gasteiger charge is 2.51. The van der Waals surface area contributed by atoms with Crippen LogP contribution in [0.4, 0.5) is 0 Å². The van der Waals surface area contributed by atoms with Crippen LogP contribution < -0.4 is 5.32 Å². The van der Waals surface area contributed by atoms with Gasteiger partial charge in [-0.25, -0.2) is 4.79 Å². The minimum atomic E-state index is -1.02. The summed E-state index contributed by atoms with van der Waals surface area (Å²) in [4.78, 5) is 50.6. The Labute approximate surface area is 183 Å². The van der Waals surface area contributed by atoms with Gasteiger partial charge in [-0.2, -0.15) is 0 Å². The van der Waals surface area contributed by atoms with E-state index >= 15 is 0 Å². The van der Waals surface area contributed by atoms with E-state index in [9.17, 15) is 19.2 Å². The van der Waals surface area contributed by atoms with Gasteiger partial charge in [-0.05, 0) is 43.2 Å². The number of ether oxygens (including phenoxy) is 1. The Bertz CT molecular complexity index is 809. The van der Waals surface area contributed by atoms with Crippen LogP contribution in [0.1, 0.15) is 63.5 Å². The molecule has 0 spiro atoms. The molecule has 7 heteroatoms. The number of nitrogens with zero attached hydrogens (tertiary/aromatic N) is 1. The van der Waals surface area contributed by atoms with Crippen molar-refractivity contribution in [3.8, 4) is 0 Å². The van der Waals surface area contributed by atoms with E-state index in [2.05, 4.69) is 31.3 Å². The van der Waals surface area contributed by atoms with Crippen LogP contribution in [-0.2, 0) is 30.3 Å². The second kappa shape index (κ2) is 10.1. The summed E-state index contributed by atoms with van der Waals surface area (Å²) in [5, 5.41) is 2.73. The van der Waals surface area contributed by atoms with Gasteiger partial charge in [0, 0.05) is 6.54 Å². The van der Waals surface area contributed by atoms with Gasteiger partial charge in [0.15, 0.2) is 6.61 Å². The summed E-state index contributed by atoms with van der Waals surface area (Å²) in [6.07, 6.45) is 3.91. The van der Waals surface area contributed by atoms with Crippen LogP contribution in [0.3, 0.4) is 0 Å². The molecule has 0 aromatic heterocycles. The third-order valence-corrected chi connectivity index (χ3v) is 6.33. The molecular weight excluding hydrogens is 396 g/mol. The van der Waals surface area contributed by atoms with Crippen LogP contribution in [0.15, 0.2) is 24.3 Å². The van der Waals surface area contributed by atoms with Crippen molar-refractivity contribution in [3.05, 3.63) is 35.4 Å². The number of esters is 1. The minimum absolute atomic E-state index is 0.285. The predicted molar refractivity (Wildman–Crippen MR) is 115 cm³/mol. The van der Waals surface area contributed by atoms with E-state index in [1.54, 1.807) is 0 Å². The standard InChI is InChI=1S/C24H32N2O5/c1-15(2)18-10-8-17(9-11-18)12-13-25-21(27)14-31-24(30)16(3)26-22(28)19-6-4-5-7-20(19)23(26)29/h8-11,15-16,19-20H,4-7,12-14H2,1-3H3,(H,25,27)/t16-,19-,20+/m0/s1. The smallest absolute Gasteiger partial charge is 0.329 e. The SMILES string of the molecule is CC(C)c1ccc(CCNC(=O)COC(=O)[C@H](C)N2C(=O)[C@H]3CCCC[C@H]3C2=O)cc1. The highest BCUT2D eigenvalue weighted by Crippen LogP contribution is 2.38. The van der Waals surface area contributed by atoms with Crippen molar-refractivity contribution < 1.29 is 23.9 Å². The van der Waals surface area contributed by atoms with Gasteiger partial charge < -0.3 is 10.1 Å². The lowest BCUT2D eigenvalue weighted by atomic mass is 9.81. The number of carbonyl (C=O) groups is 4. The van der Waals surface area contributed by atoms with Crippen molar-refractivity contribution in [3.63, 3.8) is 0 Å². The van der Waals surface area contributed by atoms with Gasteiger partial charge in [0.2, 0.25) is 11.8 Å². The minimum Gasteiger partial charge on any atom is -0.454 e. The maximum atomic E-state index is 12.6. The van der Waals surface area contributed by atoms with Crippen LogP contribution in [0.2, 0.25) is 0 Å². The second-order valence-corrected chi connectivity index (χ2v) is 8.82. The topological polar surface area (TPSA) is 92.8 Å². The largest absolute Gasteiger partial charge is 0.454 e. The van der Waals surface area contributed by atoms with Gasteiger partial charge in [-0.15, -0.1) is 0 Å². The Kier molecular flexibility index (Phi) is 7.46. The highest BCUT2D eigenvalue weighted by molar-refractivity contribution is 6.07. The maximum absolute atomic E-state index is 12.6. The van der Waals surface area contributed by atoms with Crippen LogP contribution in [0, 0.1) is 11.8 Å². The molecule has 1 saturated heterocycles. The summed E-state index contributed by atoms with van der Waals surface area (Å²) >= 11 is 0. The van der Waals surface area contributed by atoms with Gasteiger partial charge in [0.1, 0.15) is 6.04 Å². The van der Waals surface area contributed by atoms with E-state index in [4.69, 9.17) is 4.74 Å². The van der Waals surface area contributed by atoms with E-state index in [1.165, 1.54) is 12.5 Å². The van der Waals surface area contributed by atoms with Gasteiger partial charge in [0.25, 0.3) is 5.91 Å². The second-order valence-electron chi connectivity index (χ2n) is 8.82. The molecule has 3 amide bonds. The van der Waals surface area contributed by atoms with E-state index in [0.29, 0.717) is 31.7 Å².